The molecule has 522 valence electrons. The second-order valence-corrected chi connectivity index (χ2v) is 31.5. The van der Waals surface area contributed by atoms with Crippen LogP contribution in [0.1, 0.15) is 0 Å². The lowest BCUT2D eigenvalue weighted by atomic mass is 9.30. The summed E-state index contributed by atoms with van der Waals surface area (Å²) >= 11 is 3.74. The molecule has 0 N–H and O–H groups in total. The van der Waals surface area contributed by atoms with E-state index in [1.54, 1.807) is 0 Å². The molecule has 0 radical (unpaired) electrons. The molecule has 0 saturated carbocycles. The van der Waals surface area contributed by atoms with Crippen molar-refractivity contribution in [1.29, 1.82) is 0 Å². The largest absolute Gasteiger partial charge is 0.311 e. The molecule has 112 heavy (non-hydrogen) atoms. The van der Waals surface area contributed by atoms with E-state index in [-0.39, 0.29) is 13.4 Å². The fourth-order valence-corrected chi connectivity index (χ4v) is 21.1. The zero-order chi connectivity index (χ0) is 73.5. The molecule has 0 saturated heterocycles. The van der Waals surface area contributed by atoms with Crippen molar-refractivity contribution in [2.75, 3.05) is 29.4 Å². The van der Waals surface area contributed by atoms with Gasteiger partial charge < -0.3 is 29.4 Å². The number of fused-ring (bicyclic) bond motifs is 14. The summed E-state index contributed by atoms with van der Waals surface area (Å²) in [5, 5.41) is 5.00. The maximum atomic E-state index is 2.67. The summed E-state index contributed by atoms with van der Waals surface area (Å²) in [4.78, 5) is 15.5. The maximum absolute atomic E-state index is 2.67. The molecular formula is C102H66B2N6S2. The predicted molar refractivity (Wildman–Crippen MR) is 481 cm³/mol. The Morgan fingerprint density at radius 3 is 1.18 bits per heavy atom. The number of nitrogens with zero attached hydrogens (tertiary/aromatic N) is 6. The van der Waals surface area contributed by atoms with Crippen molar-refractivity contribution in [3.63, 3.8) is 0 Å². The molecule has 6 nitrogen and oxygen atoms in total. The van der Waals surface area contributed by atoms with Crippen LogP contribution in [0, 0.1) is 0 Å². The van der Waals surface area contributed by atoms with Gasteiger partial charge in [0.2, 0.25) is 0 Å². The highest BCUT2D eigenvalue weighted by molar-refractivity contribution is 7.26. The van der Waals surface area contributed by atoms with E-state index in [0.29, 0.717) is 0 Å². The highest BCUT2D eigenvalue weighted by atomic mass is 32.1. The third kappa shape index (κ3) is 9.92. The Kier molecular flexibility index (Phi) is 14.8. The molecule has 4 aliphatic heterocycles. The minimum atomic E-state index is -0.273. The quantitative estimate of drug-likeness (QED) is 0.113. The molecule has 0 bridgehead atoms. The van der Waals surface area contributed by atoms with Crippen molar-refractivity contribution in [3.05, 3.63) is 400 Å². The van der Waals surface area contributed by atoms with Crippen molar-refractivity contribution in [2.24, 2.45) is 0 Å². The fraction of sp³-hybridized carbons (Fsp3) is 0. The van der Waals surface area contributed by atoms with E-state index in [2.05, 4.69) is 430 Å². The van der Waals surface area contributed by atoms with Gasteiger partial charge in [-0.05, 0) is 177 Å². The number of hydrogen-bond donors (Lipinski definition) is 0. The SMILES string of the molecule is c1ccc(-c2cccc(-c3ccccc3)c2N2c3ccccc3B3c4cc5c(cc4N(c4ccccc4)c4cc(N(c6ccccc6)c6cccc7c6sc6ccccc67)cc2c43)N(c2ccccc2)c2cc(N(c3ccccc3)c3ccccc3)cc3c2B5c2ccccc2N3c2cccc3sc4ccccc4c23)cc1. The molecular weight excluding hydrogens is 1390 g/mol. The van der Waals surface area contributed by atoms with Gasteiger partial charge in [-0.25, -0.2) is 0 Å². The molecule has 0 atom stereocenters. The van der Waals surface area contributed by atoms with Crippen LogP contribution >= 0.6 is 22.7 Å². The number of para-hydroxylation sites is 8. The molecule has 0 unspecified atom stereocenters. The Morgan fingerprint density at radius 1 is 0.232 bits per heavy atom. The van der Waals surface area contributed by atoms with Gasteiger partial charge in [-0.15, -0.1) is 22.7 Å². The standard InChI is InChI=1S/C102H66B2N6S2/c1-8-33-67(34-9-1)76-49-30-50-77(68-35-10-2-11-36-68)101(76)110-86-55-27-25-53-82(86)104-84-65-83-89(66-90(84)108(73-45-20-7-21-46-73)92-63-75(64-94(110)100(92)104)106(71-41-16-5-17-42-71)88-57-31-51-79-78-47-22-28-58-95(78)112-102(79)88)107(72-43-18-6-19-44-72)91-61-74(105(69-37-12-3-13-38-69)70-39-14-4-15-40-70)62-93-99(91)103(83)81-52-24-26-54-85(81)109(93)87-56-32-60-97-98(87)80-48-23-29-59-96(80)111-97/h1-66H. The van der Waals surface area contributed by atoms with E-state index in [0.717, 1.165) is 125 Å². The van der Waals surface area contributed by atoms with Gasteiger partial charge in [0.05, 0.1) is 33.1 Å². The first-order valence-corrected chi connectivity index (χ1v) is 40.1. The first-order valence-electron chi connectivity index (χ1n) is 38.5. The monoisotopic (exact) mass is 1460 g/mol. The normalized spacial score (nSPS) is 12.9. The van der Waals surface area contributed by atoms with Gasteiger partial charge in [-0.1, -0.05) is 267 Å². The summed E-state index contributed by atoms with van der Waals surface area (Å²) in [6.07, 6.45) is 0. The molecule has 23 rings (SSSR count). The summed E-state index contributed by atoms with van der Waals surface area (Å²) in [6, 6.07) is 150. The third-order valence-electron chi connectivity index (χ3n) is 23.3. The smallest absolute Gasteiger partial charge is 0.252 e. The minimum absolute atomic E-state index is 0.238. The molecule has 2 aromatic heterocycles. The lowest BCUT2D eigenvalue weighted by molar-refractivity contribution is 1.22. The van der Waals surface area contributed by atoms with E-state index in [1.165, 1.54) is 73.1 Å². The van der Waals surface area contributed by atoms with Crippen LogP contribution in [-0.2, 0) is 0 Å². The molecule has 6 heterocycles. The Bertz CT molecular complexity index is 6850. The van der Waals surface area contributed by atoms with Crippen LogP contribution in [0.2, 0.25) is 0 Å². The molecule has 0 fully saturated rings. The number of anilines is 18. The van der Waals surface area contributed by atoms with Crippen LogP contribution in [0.15, 0.2) is 400 Å². The van der Waals surface area contributed by atoms with Gasteiger partial charge in [0, 0.05) is 121 Å². The van der Waals surface area contributed by atoms with Crippen molar-refractivity contribution in [1.82, 2.24) is 0 Å². The van der Waals surface area contributed by atoms with Gasteiger partial charge in [0.25, 0.3) is 13.4 Å². The van der Waals surface area contributed by atoms with Crippen molar-refractivity contribution >= 4 is 212 Å². The fourth-order valence-electron chi connectivity index (χ4n) is 18.8. The van der Waals surface area contributed by atoms with Crippen molar-refractivity contribution in [2.45, 2.75) is 0 Å². The summed E-state index contributed by atoms with van der Waals surface area (Å²) in [5.41, 5.74) is 31.7. The first kappa shape index (κ1) is 64.1. The first-order chi connectivity index (χ1) is 55.6. The summed E-state index contributed by atoms with van der Waals surface area (Å²) in [7, 11) is 0. The summed E-state index contributed by atoms with van der Waals surface area (Å²) < 4.78 is 5.01. The van der Waals surface area contributed by atoms with Crippen LogP contribution in [-0.4, -0.2) is 13.4 Å². The number of benzene rings is 17. The zero-order valence-electron chi connectivity index (χ0n) is 60.8. The average molecular weight is 1460 g/mol. The topological polar surface area (TPSA) is 19.4 Å². The Hall–Kier alpha value is -13.9. The second-order valence-electron chi connectivity index (χ2n) is 29.4. The highest BCUT2D eigenvalue weighted by Crippen LogP contribution is 2.56. The maximum Gasteiger partial charge on any atom is 0.252 e. The van der Waals surface area contributed by atoms with E-state index in [1.807, 2.05) is 22.7 Å². The molecule has 0 spiro atoms. The Morgan fingerprint density at radius 2 is 0.625 bits per heavy atom. The van der Waals surface area contributed by atoms with E-state index in [4.69, 9.17) is 0 Å². The highest BCUT2D eigenvalue weighted by Gasteiger charge is 2.50. The van der Waals surface area contributed by atoms with E-state index >= 15 is 0 Å². The van der Waals surface area contributed by atoms with Crippen LogP contribution in [0.25, 0.3) is 62.6 Å². The molecule has 17 aromatic carbocycles. The Balaban J connectivity index is 0.852. The Labute approximate surface area is 658 Å². The number of thiophene rings is 2. The molecule has 4 aliphatic rings. The summed E-state index contributed by atoms with van der Waals surface area (Å²) in [6.45, 7) is -0.511. The number of hydrogen-bond acceptors (Lipinski definition) is 8. The van der Waals surface area contributed by atoms with Crippen LogP contribution in [0.3, 0.4) is 0 Å². The summed E-state index contributed by atoms with van der Waals surface area (Å²) in [5.74, 6) is 0. The van der Waals surface area contributed by atoms with Gasteiger partial charge in [0.15, 0.2) is 0 Å². The lowest BCUT2D eigenvalue weighted by Crippen LogP contribution is -2.65. The number of rotatable bonds is 12. The van der Waals surface area contributed by atoms with Crippen LogP contribution in [0.4, 0.5) is 102 Å². The van der Waals surface area contributed by atoms with Crippen LogP contribution in [0.5, 0.6) is 0 Å². The second kappa shape index (κ2) is 25.9. The van der Waals surface area contributed by atoms with Crippen molar-refractivity contribution in [3.8, 4) is 22.3 Å². The van der Waals surface area contributed by atoms with Gasteiger partial charge in [-0.3, -0.25) is 0 Å². The van der Waals surface area contributed by atoms with Crippen molar-refractivity contribution < 1.29 is 0 Å². The van der Waals surface area contributed by atoms with Gasteiger partial charge in [0.1, 0.15) is 0 Å². The van der Waals surface area contributed by atoms with Crippen LogP contribution < -0.4 is 62.2 Å². The average Bonchev–Trinajstić information content (AvgIpc) is 1.36. The lowest BCUT2D eigenvalue weighted by Gasteiger charge is -2.48. The predicted octanol–water partition coefficient (Wildman–Crippen LogP) is 24.9. The third-order valence-corrected chi connectivity index (χ3v) is 25.6. The van der Waals surface area contributed by atoms with Gasteiger partial charge in [-0.2, -0.15) is 0 Å². The van der Waals surface area contributed by atoms with E-state index < -0.39 is 0 Å². The molecule has 10 heteroatoms. The molecule has 19 aromatic rings. The minimum Gasteiger partial charge on any atom is -0.311 e. The molecule has 0 aliphatic carbocycles. The van der Waals surface area contributed by atoms with Gasteiger partial charge >= 0.3 is 0 Å². The van der Waals surface area contributed by atoms with E-state index in [9.17, 15) is 0 Å². The molecule has 0 amide bonds. The zero-order valence-corrected chi connectivity index (χ0v) is 62.4.